The van der Waals surface area contributed by atoms with Crippen LogP contribution in [0.15, 0.2) is 36.5 Å². The smallest absolute Gasteiger partial charge is 0.188 e. The normalized spacial score (nSPS) is 33.9. The maximum Gasteiger partial charge on any atom is 0.188 e. The highest BCUT2D eigenvalue weighted by Crippen LogP contribution is 2.34. The van der Waals surface area contributed by atoms with Crippen LogP contribution in [0.5, 0.6) is 0 Å². The summed E-state index contributed by atoms with van der Waals surface area (Å²) in [5.74, 6) is -0.746. The third-order valence-electron chi connectivity index (χ3n) is 3.30. The van der Waals surface area contributed by atoms with E-state index in [1.165, 1.54) is 0 Å². The maximum atomic E-state index is 6.04. The Kier molecular flexibility index (Phi) is 4.34. The molecule has 1 heterocycles. The number of hydrogen-bond donors (Lipinski definition) is 0. The Hall–Kier alpha value is -0.860. The minimum absolute atomic E-state index is 0.0287. The third kappa shape index (κ3) is 3.30. The standard InChI is InChI=1S/C15H24O2/c1-10(2)13-8-9-14(11(3)4)17-15(7,16-13)12(5)6/h13-14H,1,3,5,8-9H2,2,4,6-7H3/t13-,14+,15?. The number of hydrogen-bond acceptors (Lipinski definition) is 2. The van der Waals surface area contributed by atoms with Gasteiger partial charge in [0.2, 0.25) is 0 Å². The van der Waals surface area contributed by atoms with Gasteiger partial charge >= 0.3 is 0 Å². The first-order chi connectivity index (χ1) is 7.76. The quantitative estimate of drug-likeness (QED) is 0.690. The van der Waals surface area contributed by atoms with Crippen LogP contribution in [0.25, 0.3) is 0 Å². The van der Waals surface area contributed by atoms with Crippen molar-refractivity contribution in [3.05, 3.63) is 36.5 Å². The van der Waals surface area contributed by atoms with Crippen molar-refractivity contribution in [1.29, 1.82) is 0 Å². The van der Waals surface area contributed by atoms with Crippen molar-refractivity contribution in [2.45, 2.75) is 58.5 Å². The van der Waals surface area contributed by atoms with Gasteiger partial charge in [0.15, 0.2) is 5.79 Å². The van der Waals surface area contributed by atoms with Gasteiger partial charge in [-0.15, -0.1) is 0 Å². The largest absolute Gasteiger partial charge is 0.339 e. The molecule has 0 aromatic rings. The molecule has 0 aromatic carbocycles. The van der Waals surface area contributed by atoms with Crippen LogP contribution in [0.3, 0.4) is 0 Å². The molecule has 17 heavy (non-hydrogen) atoms. The van der Waals surface area contributed by atoms with E-state index in [0.29, 0.717) is 0 Å². The van der Waals surface area contributed by atoms with E-state index in [-0.39, 0.29) is 12.2 Å². The van der Waals surface area contributed by atoms with Crippen LogP contribution >= 0.6 is 0 Å². The lowest BCUT2D eigenvalue weighted by Crippen LogP contribution is -2.38. The Balaban J connectivity index is 2.98. The van der Waals surface area contributed by atoms with Crippen LogP contribution in [0.4, 0.5) is 0 Å². The molecule has 2 nitrogen and oxygen atoms in total. The van der Waals surface area contributed by atoms with Crippen molar-refractivity contribution in [3.8, 4) is 0 Å². The van der Waals surface area contributed by atoms with E-state index in [1.807, 2.05) is 27.7 Å². The van der Waals surface area contributed by atoms with Crippen LogP contribution in [0, 0.1) is 0 Å². The van der Waals surface area contributed by atoms with E-state index in [4.69, 9.17) is 9.47 Å². The fourth-order valence-electron chi connectivity index (χ4n) is 1.89. The second kappa shape index (κ2) is 5.19. The average Bonchev–Trinajstić information content (AvgIpc) is 2.38. The van der Waals surface area contributed by atoms with Crippen LogP contribution < -0.4 is 0 Å². The zero-order valence-electron chi connectivity index (χ0n) is 11.5. The molecular formula is C15H24O2. The minimum Gasteiger partial charge on any atom is -0.339 e. The number of ether oxygens (including phenoxy) is 2. The summed E-state index contributed by atoms with van der Waals surface area (Å²) in [5.41, 5.74) is 2.93. The summed E-state index contributed by atoms with van der Waals surface area (Å²) in [6, 6.07) is 0. The molecule has 0 amide bonds. The Morgan fingerprint density at radius 2 is 1.29 bits per heavy atom. The lowest BCUT2D eigenvalue weighted by molar-refractivity contribution is -0.216. The summed E-state index contributed by atoms with van der Waals surface area (Å²) in [4.78, 5) is 0. The summed E-state index contributed by atoms with van der Waals surface area (Å²) in [6.45, 7) is 19.8. The molecule has 0 aliphatic carbocycles. The van der Waals surface area contributed by atoms with E-state index in [9.17, 15) is 0 Å². The number of rotatable bonds is 3. The summed E-state index contributed by atoms with van der Waals surface area (Å²) in [7, 11) is 0. The van der Waals surface area contributed by atoms with Gasteiger partial charge in [-0.3, -0.25) is 0 Å². The molecule has 1 rings (SSSR count). The van der Waals surface area contributed by atoms with Crippen LogP contribution in [-0.2, 0) is 9.47 Å². The van der Waals surface area contributed by atoms with Crippen molar-refractivity contribution in [3.63, 3.8) is 0 Å². The van der Waals surface area contributed by atoms with Gasteiger partial charge in [-0.25, -0.2) is 0 Å². The molecule has 96 valence electrons. The Morgan fingerprint density at radius 1 is 0.941 bits per heavy atom. The first kappa shape index (κ1) is 14.2. The molecule has 1 unspecified atom stereocenters. The first-order valence-electron chi connectivity index (χ1n) is 6.08. The maximum absolute atomic E-state index is 6.04. The molecule has 0 saturated carbocycles. The molecule has 1 aliphatic heterocycles. The topological polar surface area (TPSA) is 18.5 Å². The van der Waals surface area contributed by atoms with Crippen molar-refractivity contribution < 1.29 is 9.47 Å². The van der Waals surface area contributed by atoms with Crippen LogP contribution in [0.2, 0.25) is 0 Å². The van der Waals surface area contributed by atoms with Crippen molar-refractivity contribution in [2.75, 3.05) is 0 Å². The van der Waals surface area contributed by atoms with Gasteiger partial charge in [-0.1, -0.05) is 30.9 Å². The van der Waals surface area contributed by atoms with Gasteiger partial charge in [-0.05, 0) is 46.1 Å². The third-order valence-corrected chi connectivity index (χ3v) is 3.30. The molecule has 0 N–H and O–H groups in total. The van der Waals surface area contributed by atoms with Gasteiger partial charge in [0.05, 0.1) is 12.2 Å². The second-order valence-corrected chi connectivity index (χ2v) is 5.21. The summed E-state index contributed by atoms with van der Waals surface area (Å²) < 4.78 is 12.1. The van der Waals surface area contributed by atoms with Crippen LogP contribution in [-0.4, -0.2) is 18.0 Å². The van der Waals surface area contributed by atoms with Gasteiger partial charge in [0.1, 0.15) is 0 Å². The van der Waals surface area contributed by atoms with Gasteiger partial charge in [0, 0.05) is 0 Å². The van der Waals surface area contributed by atoms with Gasteiger partial charge in [0.25, 0.3) is 0 Å². The van der Waals surface area contributed by atoms with Crippen molar-refractivity contribution >= 4 is 0 Å². The van der Waals surface area contributed by atoms with E-state index in [2.05, 4.69) is 19.7 Å². The SMILES string of the molecule is C=C(C)[C@@H]1CC[C@H](C(=C)C)OC(C)(C(=C)C)O1. The van der Waals surface area contributed by atoms with E-state index < -0.39 is 5.79 Å². The van der Waals surface area contributed by atoms with Crippen LogP contribution in [0.1, 0.15) is 40.5 Å². The zero-order valence-corrected chi connectivity index (χ0v) is 11.5. The molecule has 1 aliphatic rings. The van der Waals surface area contributed by atoms with Crippen molar-refractivity contribution in [2.24, 2.45) is 0 Å². The molecule has 2 heteroatoms. The Bertz CT molecular complexity index is 317. The summed E-state index contributed by atoms with van der Waals surface area (Å²) >= 11 is 0. The molecule has 3 atom stereocenters. The molecule has 0 aromatic heterocycles. The molecule has 1 fully saturated rings. The first-order valence-corrected chi connectivity index (χ1v) is 6.08. The molecule has 0 spiro atoms. The highest BCUT2D eigenvalue weighted by atomic mass is 16.7. The lowest BCUT2D eigenvalue weighted by Gasteiger charge is -2.34. The predicted molar refractivity (Wildman–Crippen MR) is 71.8 cm³/mol. The fraction of sp³-hybridized carbons (Fsp3) is 0.600. The van der Waals surface area contributed by atoms with E-state index in [1.54, 1.807) is 0 Å². The van der Waals surface area contributed by atoms with Gasteiger partial charge in [-0.2, -0.15) is 0 Å². The zero-order chi connectivity index (χ0) is 13.2. The Labute approximate surface area is 105 Å². The fourth-order valence-corrected chi connectivity index (χ4v) is 1.89. The molecule has 1 saturated heterocycles. The molecular weight excluding hydrogens is 212 g/mol. The summed E-state index contributed by atoms with van der Waals surface area (Å²) in [5, 5.41) is 0. The lowest BCUT2D eigenvalue weighted by atomic mass is 10.0. The second-order valence-electron chi connectivity index (χ2n) is 5.21. The predicted octanol–water partition coefficient (Wildman–Crippen LogP) is 4.00. The highest BCUT2D eigenvalue weighted by Gasteiger charge is 2.37. The Morgan fingerprint density at radius 3 is 1.53 bits per heavy atom. The van der Waals surface area contributed by atoms with Crippen molar-refractivity contribution in [1.82, 2.24) is 0 Å². The average molecular weight is 236 g/mol. The molecule has 0 radical (unpaired) electrons. The van der Waals surface area contributed by atoms with E-state index >= 15 is 0 Å². The highest BCUT2D eigenvalue weighted by molar-refractivity contribution is 5.11. The van der Waals surface area contributed by atoms with E-state index in [0.717, 1.165) is 29.6 Å². The van der Waals surface area contributed by atoms with Gasteiger partial charge < -0.3 is 9.47 Å². The summed E-state index contributed by atoms with van der Waals surface area (Å²) in [6.07, 6.45) is 1.88. The minimum atomic E-state index is -0.746. The molecule has 0 bridgehead atoms. The monoisotopic (exact) mass is 236 g/mol.